The van der Waals surface area contributed by atoms with E-state index in [9.17, 15) is 0 Å². The maximum Gasteiger partial charge on any atom is 0.147 e. The van der Waals surface area contributed by atoms with Gasteiger partial charge in [-0.05, 0) is 33.6 Å². The summed E-state index contributed by atoms with van der Waals surface area (Å²) >= 11 is 15.7. The molecule has 1 heterocycles. The fourth-order valence-electron chi connectivity index (χ4n) is 1.87. The average molecular weight is 374 g/mol. The van der Waals surface area contributed by atoms with E-state index in [-0.39, 0.29) is 5.41 Å². The van der Waals surface area contributed by atoms with E-state index in [1.807, 2.05) is 24.3 Å². The SMILES string of the molecule is CC(C)(C)c1nc(Cc2cccc(Cl)c2)nc(Cl)c1Br. The predicted molar refractivity (Wildman–Crippen MR) is 87.7 cm³/mol. The van der Waals surface area contributed by atoms with Gasteiger partial charge >= 0.3 is 0 Å². The standard InChI is InChI=1S/C15H15BrCl2N2/c1-15(2,3)13-12(16)14(18)20-11(19-13)8-9-5-4-6-10(17)7-9/h4-7H,8H2,1-3H3. The van der Waals surface area contributed by atoms with Crippen LogP contribution in [0.4, 0.5) is 0 Å². The van der Waals surface area contributed by atoms with Crippen LogP contribution < -0.4 is 0 Å². The monoisotopic (exact) mass is 372 g/mol. The second-order valence-electron chi connectivity index (χ2n) is 5.65. The van der Waals surface area contributed by atoms with Gasteiger partial charge in [0.1, 0.15) is 11.0 Å². The van der Waals surface area contributed by atoms with Crippen LogP contribution in [0.3, 0.4) is 0 Å². The quantitative estimate of drug-likeness (QED) is 0.655. The van der Waals surface area contributed by atoms with Gasteiger partial charge in [0.05, 0.1) is 10.2 Å². The highest BCUT2D eigenvalue weighted by Crippen LogP contribution is 2.32. The first-order valence-electron chi connectivity index (χ1n) is 6.24. The van der Waals surface area contributed by atoms with Crippen molar-refractivity contribution in [1.82, 2.24) is 9.97 Å². The summed E-state index contributed by atoms with van der Waals surface area (Å²) in [6.07, 6.45) is 0.608. The van der Waals surface area contributed by atoms with Crippen molar-refractivity contribution in [2.45, 2.75) is 32.6 Å². The summed E-state index contributed by atoms with van der Waals surface area (Å²) in [6.45, 7) is 6.29. The van der Waals surface area contributed by atoms with E-state index in [1.165, 1.54) is 0 Å². The van der Waals surface area contributed by atoms with Crippen LogP contribution in [0.25, 0.3) is 0 Å². The maximum absolute atomic E-state index is 6.20. The third kappa shape index (κ3) is 3.72. The third-order valence-electron chi connectivity index (χ3n) is 2.82. The molecule has 0 radical (unpaired) electrons. The molecule has 2 rings (SSSR count). The molecular weight excluding hydrogens is 359 g/mol. The van der Waals surface area contributed by atoms with Crippen LogP contribution >= 0.6 is 39.1 Å². The Morgan fingerprint density at radius 3 is 2.45 bits per heavy atom. The van der Waals surface area contributed by atoms with Crippen LogP contribution in [-0.4, -0.2) is 9.97 Å². The fraction of sp³-hybridized carbons (Fsp3) is 0.333. The number of hydrogen-bond donors (Lipinski definition) is 0. The Balaban J connectivity index is 2.41. The number of benzene rings is 1. The van der Waals surface area contributed by atoms with E-state index in [1.54, 1.807) is 0 Å². The van der Waals surface area contributed by atoms with Gasteiger partial charge in [0.25, 0.3) is 0 Å². The van der Waals surface area contributed by atoms with E-state index in [2.05, 4.69) is 46.7 Å². The molecule has 0 saturated heterocycles. The molecule has 0 aliphatic rings. The van der Waals surface area contributed by atoms with Gasteiger partial charge in [0.2, 0.25) is 0 Å². The lowest BCUT2D eigenvalue weighted by molar-refractivity contribution is 0.559. The molecule has 2 aromatic rings. The molecule has 2 nitrogen and oxygen atoms in total. The summed E-state index contributed by atoms with van der Waals surface area (Å²) in [5.41, 5.74) is 1.87. The lowest BCUT2D eigenvalue weighted by atomic mass is 9.92. The summed E-state index contributed by atoms with van der Waals surface area (Å²) in [5.74, 6) is 0.699. The zero-order chi connectivity index (χ0) is 14.9. The highest BCUT2D eigenvalue weighted by Gasteiger charge is 2.22. The van der Waals surface area contributed by atoms with Crippen LogP contribution in [0, 0.1) is 0 Å². The first kappa shape index (κ1) is 15.7. The Morgan fingerprint density at radius 2 is 1.85 bits per heavy atom. The molecule has 0 atom stereocenters. The van der Waals surface area contributed by atoms with Crippen LogP contribution in [-0.2, 0) is 11.8 Å². The predicted octanol–water partition coefficient (Wildman–Crippen LogP) is 5.43. The van der Waals surface area contributed by atoms with Gasteiger partial charge in [-0.2, -0.15) is 0 Å². The molecule has 0 aliphatic carbocycles. The summed E-state index contributed by atoms with van der Waals surface area (Å²) < 4.78 is 0.765. The highest BCUT2D eigenvalue weighted by atomic mass is 79.9. The van der Waals surface area contributed by atoms with Crippen molar-refractivity contribution >= 4 is 39.1 Å². The number of aromatic nitrogens is 2. The van der Waals surface area contributed by atoms with Crippen LogP contribution in [0.15, 0.2) is 28.7 Å². The average Bonchev–Trinajstić information content (AvgIpc) is 2.32. The molecular formula is C15H15BrCl2N2. The third-order valence-corrected chi connectivity index (χ3v) is 4.31. The van der Waals surface area contributed by atoms with Crippen molar-refractivity contribution in [1.29, 1.82) is 0 Å². The number of hydrogen-bond acceptors (Lipinski definition) is 2. The molecule has 0 spiro atoms. The van der Waals surface area contributed by atoms with E-state index >= 15 is 0 Å². The summed E-state index contributed by atoms with van der Waals surface area (Å²) in [4.78, 5) is 8.98. The summed E-state index contributed by atoms with van der Waals surface area (Å²) in [7, 11) is 0. The van der Waals surface area contributed by atoms with Gasteiger partial charge in [-0.3, -0.25) is 0 Å². The van der Waals surface area contributed by atoms with Crippen LogP contribution in [0.5, 0.6) is 0 Å². The second-order valence-corrected chi connectivity index (χ2v) is 7.24. The van der Waals surface area contributed by atoms with Crippen molar-refractivity contribution in [2.75, 3.05) is 0 Å². The zero-order valence-corrected chi connectivity index (χ0v) is 14.6. The van der Waals surface area contributed by atoms with Crippen molar-refractivity contribution in [3.05, 3.63) is 56.0 Å². The molecule has 1 aromatic heterocycles. The molecule has 5 heteroatoms. The van der Waals surface area contributed by atoms with Crippen LogP contribution in [0.1, 0.15) is 37.9 Å². The molecule has 0 aliphatic heterocycles. The summed E-state index contributed by atoms with van der Waals surface area (Å²) in [5, 5.41) is 1.16. The minimum absolute atomic E-state index is 0.103. The molecule has 106 valence electrons. The lowest BCUT2D eigenvalue weighted by Gasteiger charge is -2.20. The Kier molecular flexibility index (Phi) is 4.73. The minimum atomic E-state index is -0.103. The first-order valence-corrected chi connectivity index (χ1v) is 7.79. The highest BCUT2D eigenvalue weighted by molar-refractivity contribution is 9.10. The van der Waals surface area contributed by atoms with E-state index in [4.69, 9.17) is 23.2 Å². The number of nitrogens with zero attached hydrogens (tertiary/aromatic N) is 2. The van der Waals surface area contributed by atoms with Gasteiger partial charge in [0, 0.05) is 16.9 Å². The normalized spacial score (nSPS) is 11.7. The summed E-state index contributed by atoms with van der Waals surface area (Å²) in [6, 6.07) is 7.68. The molecule has 0 N–H and O–H groups in total. The van der Waals surface area contributed by atoms with Gasteiger partial charge in [-0.15, -0.1) is 0 Å². The van der Waals surface area contributed by atoms with Gasteiger partial charge in [0.15, 0.2) is 0 Å². The van der Waals surface area contributed by atoms with Gasteiger partial charge < -0.3 is 0 Å². The van der Waals surface area contributed by atoms with E-state index in [0.717, 1.165) is 15.7 Å². The largest absolute Gasteiger partial charge is 0.236 e. The molecule has 20 heavy (non-hydrogen) atoms. The van der Waals surface area contributed by atoms with Crippen molar-refractivity contribution < 1.29 is 0 Å². The van der Waals surface area contributed by atoms with Crippen molar-refractivity contribution in [2.24, 2.45) is 0 Å². The second kappa shape index (κ2) is 6.00. The molecule has 0 unspecified atom stereocenters. The maximum atomic E-state index is 6.20. The molecule has 0 saturated carbocycles. The van der Waals surface area contributed by atoms with Gasteiger partial charge in [-0.1, -0.05) is 56.1 Å². The Hall–Kier alpha value is -0.640. The Labute approximate surface area is 137 Å². The minimum Gasteiger partial charge on any atom is -0.236 e. The first-order chi connectivity index (χ1) is 9.27. The number of rotatable bonds is 2. The van der Waals surface area contributed by atoms with E-state index < -0.39 is 0 Å². The lowest BCUT2D eigenvalue weighted by Crippen LogP contribution is -2.17. The van der Waals surface area contributed by atoms with Crippen molar-refractivity contribution in [3.8, 4) is 0 Å². The molecule has 0 fully saturated rings. The smallest absolute Gasteiger partial charge is 0.147 e. The molecule has 1 aromatic carbocycles. The Bertz CT molecular complexity index is 636. The Morgan fingerprint density at radius 1 is 1.15 bits per heavy atom. The number of halogens is 3. The van der Waals surface area contributed by atoms with E-state index in [0.29, 0.717) is 22.4 Å². The zero-order valence-electron chi connectivity index (χ0n) is 11.5. The van der Waals surface area contributed by atoms with Crippen molar-refractivity contribution in [3.63, 3.8) is 0 Å². The fourth-order valence-corrected chi connectivity index (χ4v) is 3.04. The molecule has 0 bridgehead atoms. The molecule has 0 amide bonds. The van der Waals surface area contributed by atoms with Crippen LogP contribution in [0.2, 0.25) is 10.2 Å². The topological polar surface area (TPSA) is 25.8 Å². The van der Waals surface area contributed by atoms with Gasteiger partial charge in [-0.25, -0.2) is 9.97 Å².